The number of ether oxygens (including phenoxy) is 1. The molecular weight excluding hydrogens is 366 g/mol. The van der Waals surface area contributed by atoms with Crippen molar-refractivity contribution in [3.63, 3.8) is 0 Å². The zero-order valence-corrected chi connectivity index (χ0v) is 16.3. The molecule has 0 fully saturated rings. The van der Waals surface area contributed by atoms with Crippen LogP contribution in [-0.2, 0) is 9.59 Å². The van der Waals surface area contributed by atoms with Crippen LogP contribution in [0.4, 0.5) is 11.4 Å². The summed E-state index contributed by atoms with van der Waals surface area (Å²) in [7, 11) is 0. The van der Waals surface area contributed by atoms with Gasteiger partial charge in [0.2, 0.25) is 11.8 Å². The van der Waals surface area contributed by atoms with Gasteiger partial charge in [-0.05, 0) is 49.0 Å². The highest BCUT2D eigenvalue weighted by molar-refractivity contribution is 6.30. The number of hydrogen-bond donors (Lipinski definition) is 2. The summed E-state index contributed by atoms with van der Waals surface area (Å²) in [6.07, 6.45) is 0. The monoisotopic (exact) mass is 389 g/mol. The largest absolute Gasteiger partial charge is 0.492 e. The zero-order valence-electron chi connectivity index (χ0n) is 15.5. The fraction of sp³-hybridized carbons (Fsp3) is 0.300. The van der Waals surface area contributed by atoms with Crippen molar-refractivity contribution in [1.82, 2.24) is 4.90 Å². The van der Waals surface area contributed by atoms with Gasteiger partial charge in [-0.1, -0.05) is 24.6 Å². The van der Waals surface area contributed by atoms with Gasteiger partial charge in [0.25, 0.3) is 0 Å². The normalized spacial score (nSPS) is 10.5. The molecule has 0 aliphatic heterocycles. The second-order valence-corrected chi connectivity index (χ2v) is 6.42. The summed E-state index contributed by atoms with van der Waals surface area (Å²) in [5.41, 5.74) is 1.37. The van der Waals surface area contributed by atoms with E-state index in [2.05, 4.69) is 10.6 Å². The van der Waals surface area contributed by atoms with Crippen LogP contribution < -0.4 is 15.4 Å². The second-order valence-electron chi connectivity index (χ2n) is 5.98. The molecule has 0 saturated heterocycles. The highest BCUT2D eigenvalue weighted by Crippen LogP contribution is 2.17. The Kier molecular flexibility index (Phi) is 8.10. The standard InChI is InChI=1S/C20H24ClN3O3/c1-3-24(11-12-27-19-6-4-5-16(21)13-19)14-20(26)23-18-9-7-17(8-10-18)22-15(2)25/h4-10,13H,3,11-12,14H2,1-2H3,(H,22,25)(H,23,26). The van der Waals surface area contributed by atoms with E-state index in [1.54, 1.807) is 36.4 Å². The lowest BCUT2D eigenvalue weighted by Crippen LogP contribution is -2.35. The first-order chi connectivity index (χ1) is 13.0. The highest BCUT2D eigenvalue weighted by Gasteiger charge is 2.10. The van der Waals surface area contributed by atoms with Gasteiger partial charge in [0.1, 0.15) is 12.4 Å². The maximum absolute atomic E-state index is 12.2. The number of halogens is 1. The number of nitrogens with zero attached hydrogens (tertiary/aromatic N) is 1. The molecule has 0 aliphatic rings. The van der Waals surface area contributed by atoms with Crippen molar-refractivity contribution in [3.05, 3.63) is 53.6 Å². The van der Waals surface area contributed by atoms with Gasteiger partial charge in [-0.15, -0.1) is 0 Å². The van der Waals surface area contributed by atoms with Crippen LogP contribution in [-0.4, -0.2) is 43.0 Å². The molecule has 0 saturated carbocycles. The Bertz CT molecular complexity index is 765. The Hall–Kier alpha value is -2.57. The zero-order chi connectivity index (χ0) is 19.6. The van der Waals surface area contributed by atoms with Crippen molar-refractivity contribution in [2.75, 3.05) is 36.9 Å². The second kappa shape index (κ2) is 10.5. The smallest absolute Gasteiger partial charge is 0.238 e. The molecule has 0 heterocycles. The van der Waals surface area contributed by atoms with Crippen molar-refractivity contribution in [2.24, 2.45) is 0 Å². The maximum atomic E-state index is 12.2. The Morgan fingerprint density at radius 1 is 1.07 bits per heavy atom. The number of amides is 2. The lowest BCUT2D eigenvalue weighted by Gasteiger charge is -2.20. The molecule has 27 heavy (non-hydrogen) atoms. The molecule has 0 spiro atoms. The summed E-state index contributed by atoms with van der Waals surface area (Å²) in [6.45, 7) is 5.53. The van der Waals surface area contributed by atoms with Crippen LogP contribution in [0.25, 0.3) is 0 Å². The number of carbonyl (C=O) groups excluding carboxylic acids is 2. The molecule has 2 rings (SSSR count). The number of anilines is 2. The number of rotatable bonds is 9. The molecule has 0 aliphatic carbocycles. The summed E-state index contributed by atoms with van der Waals surface area (Å²) in [5.74, 6) is 0.472. The molecule has 6 nitrogen and oxygen atoms in total. The number of nitrogens with one attached hydrogen (secondary N) is 2. The van der Waals surface area contributed by atoms with E-state index in [0.29, 0.717) is 35.3 Å². The van der Waals surface area contributed by atoms with E-state index >= 15 is 0 Å². The average molecular weight is 390 g/mol. The minimum atomic E-state index is -0.134. The third kappa shape index (κ3) is 7.68. The van der Waals surface area contributed by atoms with E-state index in [-0.39, 0.29) is 18.4 Å². The fourth-order valence-electron chi connectivity index (χ4n) is 2.44. The molecular formula is C20H24ClN3O3. The number of likely N-dealkylation sites (N-methyl/N-ethyl adjacent to an activating group) is 1. The molecule has 0 unspecified atom stereocenters. The van der Waals surface area contributed by atoms with Crippen LogP contribution in [0.5, 0.6) is 5.75 Å². The van der Waals surface area contributed by atoms with Crippen LogP contribution >= 0.6 is 11.6 Å². The molecule has 2 amide bonds. The number of benzene rings is 2. The van der Waals surface area contributed by atoms with Gasteiger partial charge in [-0.3, -0.25) is 14.5 Å². The first-order valence-corrected chi connectivity index (χ1v) is 9.12. The predicted octanol–water partition coefficient (Wildman–Crippen LogP) is 3.64. The molecule has 2 aromatic rings. The summed E-state index contributed by atoms with van der Waals surface area (Å²) >= 11 is 5.93. The molecule has 0 atom stereocenters. The fourth-order valence-corrected chi connectivity index (χ4v) is 2.62. The van der Waals surface area contributed by atoms with Gasteiger partial charge in [0.05, 0.1) is 6.54 Å². The van der Waals surface area contributed by atoms with Crippen LogP contribution in [0.3, 0.4) is 0 Å². The maximum Gasteiger partial charge on any atom is 0.238 e. The quantitative estimate of drug-likeness (QED) is 0.687. The average Bonchev–Trinajstić information content (AvgIpc) is 2.62. The first-order valence-electron chi connectivity index (χ1n) is 8.74. The van der Waals surface area contributed by atoms with Crippen molar-refractivity contribution in [3.8, 4) is 5.75 Å². The molecule has 0 aromatic heterocycles. The van der Waals surface area contributed by atoms with Crippen LogP contribution in [0, 0.1) is 0 Å². The molecule has 0 radical (unpaired) electrons. The first kappa shape index (κ1) is 20.7. The predicted molar refractivity (Wildman–Crippen MR) is 108 cm³/mol. The van der Waals surface area contributed by atoms with E-state index in [0.717, 1.165) is 6.54 Å². The van der Waals surface area contributed by atoms with E-state index in [9.17, 15) is 9.59 Å². The van der Waals surface area contributed by atoms with Crippen LogP contribution in [0.1, 0.15) is 13.8 Å². The number of carbonyl (C=O) groups is 2. The summed E-state index contributed by atoms with van der Waals surface area (Å²) in [6, 6.07) is 14.2. The Morgan fingerprint density at radius 3 is 2.33 bits per heavy atom. The molecule has 0 bridgehead atoms. The summed E-state index contributed by atoms with van der Waals surface area (Å²) in [4.78, 5) is 25.3. The van der Waals surface area contributed by atoms with Gasteiger partial charge in [0, 0.05) is 29.9 Å². The van der Waals surface area contributed by atoms with E-state index < -0.39 is 0 Å². The summed E-state index contributed by atoms with van der Waals surface area (Å²) < 4.78 is 5.67. The van der Waals surface area contributed by atoms with E-state index in [1.165, 1.54) is 6.92 Å². The van der Waals surface area contributed by atoms with Crippen LogP contribution in [0.15, 0.2) is 48.5 Å². The minimum Gasteiger partial charge on any atom is -0.492 e. The topological polar surface area (TPSA) is 70.7 Å². The molecule has 2 aromatic carbocycles. The SMILES string of the molecule is CCN(CCOc1cccc(Cl)c1)CC(=O)Nc1ccc(NC(C)=O)cc1. The Labute approximate surface area is 164 Å². The van der Waals surface area contributed by atoms with Gasteiger partial charge in [-0.2, -0.15) is 0 Å². The molecule has 144 valence electrons. The third-order valence-corrected chi connectivity index (χ3v) is 4.01. The third-order valence-electron chi connectivity index (χ3n) is 3.78. The van der Waals surface area contributed by atoms with Crippen molar-refractivity contribution < 1.29 is 14.3 Å². The Morgan fingerprint density at radius 2 is 1.74 bits per heavy atom. The molecule has 7 heteroatoms. The van der Waals surface area contributed by atoms with Crippen molar-refractivity contribution >= 4 is 34.8 Å². The van der Waals surface area contributed by atoms with E-state index in [4.69, 9.17) is 16.3 Å². The minimum absolute atomic E-state index is 0.105. The highest BCUT2D eigenvalue weighted by atomic mass is 35.5. The van der Waals surface area contributed by atoms with E-state index in [1.807, 2.05) is 24.0 Å². The summed E-state index contributed by atoms with van der Waals surface area (Å²) in [5, 5.41) is 6.16. The number of hydrogen-bond acceptors (Lipinski definition) is 4. The lowest BCUT2D eigenvalue weighted by molar-refractivity contribution is -0.117. The van der Waals surface area contributed by atoms with Gasteiger partial charge in [-0.25, -0.2) is 0 Å². The van der Waals surface area contributed by atoms with Gasteiger partial charge in [0.15, 0.2) is 0 Å². The lowest BCUT2D eigenvalue weighted by atomic mass is 10.2. The van der Waals surface area contributed by atoms with Gasteiger partial charge < -0.3 is 15.4 Å². The Balaban J connectivity index is 1.77. The van der Waals surface area contributed by atoms with Crippen molar-refractivity contribution in [2.45, 2.75) is 13.8 Å². The van der Waals surface area contributed by atoms with Crippen molar-refractivity contribution in [1.29, 1.82) is 0 Å². The molecule has 2 N–H and O–H groups in total. The van der Waals surface area contributed by atoms with Crippen LogP contribution in [0.2, 0.25) is 5.02 Å². The van der Waals surface area contributed by atoms with Gasteiger partial charge >= 0.3 is 0 Å².